The molecule has 0 saturated carbocycles. The second-order valence-electron chi connectivity index (χ2n) is 5.06. The highest BCUT2D eigenvalue weighted by Gasteiger charge is 2.13. The number of non-ortho nitro benzene ring substituents is 1. The standard InChI is InChI=1S/C16H12N2O7/c19-14(5-9-1-3-13(4-2-9)18(24)25)17-12-7-10(15(20)21)6-11(8-12)16(22)23/h1-4,6-8H,5H2,(H,17,19)(H,20,21)(H,22,23). The largest absolute Gasteiger partial charge is 0.478 e. The number of amides is 1. The van der Waals surface area contributed by atoms with Gasteiger partial charge in [-0.15, -0.1) is 0 Å². The molecule has 0 aliphatic carbocycles. The van der Waals surface area contributed by atoms with Crippen LogP contribution < -0.4 is 5.32 Å². The smallest absolute Gasteiger partial charge is 0.335 e. The van der Waals surface area contributed by atoms with E-state index in [9.17, 15) is 24.5 Å². The zero-order valence-corrected chi connectivity index (χ0v) is 12.6. The lowest BCUT2D eigenvalue weighted by Gasteiger charge is -2.08. The molecule has 0 aromatic heterocycles. The predicted octanol–water partition coefficient (Wildman–Crippen LogP) is 2.17. The second-order valence-corrected chi connectivity index (χ2v) is 5.06. The van der Waals surface area contributed by atoms with E-state index < -0.39 is 22.8 Å². The molecule has 0 atom stereocenters. The summed E-state index contributed by atoms with van der Waals surface area (Å²) in [4.78, 5) is 44.1. The van der Waals surface area contributed by atoms with Crippen LogP contribution in [0.4, 0.5) is 11.4 Å². The third-order valence-corrected chi connectivity index (χ3v) is 3.22. The van der Waals surface area contributed by atoms with Crippen molar-refractivity contribution >= 4 is 29.2 Å². The number of aromatic carboxylic acids is 2. The fourth-order valence-electron chi connectivity index (χ4n) is 2.07. The molecular weight excluding hydrogens is 332 g/mol. The van der Waals surface area contributed by atoms with Crippen LogP contribution >= 0.6 is 0 Å². The van der Waals surface area contributed by atoms with Gasteiger partial charge in [-0.1, -0.05) is 12.1 Å². The van der Waals surface area contributed by atoms with Crippen molar-refractivity contribution in [3.05, 3.63) is 69.3 Å². The number of carboxylic acid groups (broad SMARTS) is 2. The number of anilines is 1. The first-order chi connectivity index (χ1) is 11.8. The van der Waals surface area contributed by atoms with Crippen molar-refractivity contribution in [1.82, 2.24) is 0 Å². The van der Waals surface area contributed by atoms with Crippen LogP contribution in [-0.2, 0) is 11.2 Å². The van der Waals surface area contributed by atoms with Crippen molar-refractivity contribution < 1.29 is 29.5 Å². The van der Waals surface area contributed by atoms with Gasteiger partial charge < -0.3 is 15.5 Å². The number of hydrogen-bond acceptors (Lipinski definition) is 5. The summed E-state index contributed by atoms with van der Waals surface area (Å²) in [5.74, 6) is -3.17. The van der Waals surface area contributed by atoms with Crippen LogP contribution in [0.1, 0.15) is 26.3 Å². The Balaban J connectivity index is 2.15. The maximum atomic E-state index is 12.0. The Bertz CT molecular complexity index is 827. The summed E-state index contributed by atoms with van der Waals surface area (Å²) in [7, 11) is 0. The molecule has 128 valence electrons. The summed E-state index contributed by atoms with van der Waals surface area (Å²) in [6.45, 7) is 0. The third-order valence-electron chi connectivity index (χ3n) is 3.22. The van der Waals surface area contributed by atoms with Crippen LogP contribution in [-0.4, -0.2) is 33.0 Å². The Labute approximate surface area is 140 Å². The summed E-state index contributed by atoms with van der Waals surface area (Å²) < 4.78 is 0. The van der Waals surface area contributed by atoms with Crippen molar-refractivity contribution in [2.75, 3.05) is 5.32 Å². The van der Waals surface area contributed by atoms with Gasteiger partial charge in [-0.05, 0) is 23.8 Å². The van der Waals surface area contributed by atoms with Gasteiger partial charge in [-0.2, -0.15) is 0 Å². The summed E-state index contributed by atoms with van der Waals surface area (Å²) in [6.07, 6.45) is -0.113. The van der Waals surface area contributed by atoms with Crippen molar-refractivity contribution in [2.24, 2.45) is 0 Å². The molecule has 0 bridgehead atoms. The van der Waals surface area contributed by atoms with Crippen molar-refractivity contribution in [3.8, 4) is 0 Å². The summed E-state index contributed by atoms with van der Waals surface area (Å²) in [5.41, 5.74) is -0.111. The van der Waals surface area contributed by atoms with Gasteiger partial charge in [0.15, 0.2) is 0 Å². The van der Waals surface area contributed by atoms with Crippen LogP contribution in [0.2, 0.25) is 0 Å². The van der Waals surface area contributed by atoms with E-state index in [0.29, 0.717) is 5.56 Å². The zero-order valence-electron chi connectivity index (χ0n) is 12.6. The molecule has 0 fully saturated rings. The molecule has 9 nitrogen and oxygen atoms in total. The number of carboxylic acids is 2. The Morgan fingerprint density at radius 2 is 1.48 bits per heavy atom. The van der Waals surface area contributed by atoms with Gasteiger partial charge >= 0.3 is 11.9 Å². The number of nitro benzene ring substituents is 1. The summed E-state index contributed by atoms with van der Waals surface area (Å²) >= 11 is 0. The van der Waals surface area contributed by atoms with Crippen molar-refractivity contribution in [1.29, 1.82) is 0 Å². The number of nitrogens with zero attached hydrogens (tertiary/aromatic N) is 1. The first-order valence-electron chi connectivity index (χ1n) is 6.91. The molecule has 0 aliphatic rings. The highest BCUT2D eigenvalue weighted by atomic mass is 16.6. The Morgan fingerprint density at radius 1 is 0.960 bits per heavy atom. The molecule has 0 saturated heterocycles. The minimum atomic E-state index is -1.33. The monoisotopic (exact) mass is 344 g/mol. The first-order valence-corrected chi connectivity index (χ1v) is 6.91. The van der Waals surface area contributed by atoms with E-state index in [2.05, 4.69) is 5.32 Å². The number of benzene rings is 2. The fourth-order valence-corrected chi connectivity index (χ4v) is 2.07. The molecule has 2 rings (SSSR count). The molecular formula is C16H12N2O7. The number of nitrogens with one attached hydrogen (secondary N) is 1. The normalized spacial score (nSPS) is 10.1. The molecule has 2 aromatic rings. The molecule has 2 aromatic carbocycles. The Morgan fingerprint density at radius 3 is 1.92 bits per heavy atom. The van der Waals surface area contributed by atoms with E-state index in [4.69, 9.17) is 10.2 Å². The lowest BCUT2D eigenvalue weighted by molar-refractivity contribution is -0.384. The van der Waals surface area contributed by atoms with Gasteiger partial charge in [0.2, 0.25) is 5.91 Å². The van der Waals surface area contributed by atoms with Crippen molar-refractivity contribution in [3.63, 3.8) is 0 Å². The molecule has 25 heavy (non-hydrogen) atoms. The van der Waals surface area contributed by atoms with Crippen LogP contribution in [0.15, 0.2) is 42.5 Å². The molecule has 0 radical (unpaired) electrons. The predicted molar refractivity (Wildman–Crippen MR) is 85.8 cm³/mol. The van der Waals surface area contributed by atoms with E-state index >= 15 is 0 Å². The van der Waals surface area contributed by atoms with Gasteiger partial charge in [-0.25, -0.2) is 9.59 Å². The lowest BCUT2D eigenvalue weighted by Crippen LogP contribution is -2.15. The van der Waals surface area contributed by atoms with Crippen LogP contribution in [0.3, 0.4) is 0 Å². The highest BCUT2D eigenvalue weighted by Crippen LogP contribution is 2.17. The fraction of sp³-hybridized carbons (Fsp3) is 0.0625. The van der Waals surface area contributed by atoms with Gasteiger partial charge in [0, 0.05) is 17.8 Å². The maximum Gasteiger partial charge on any atom is 0.335 e. The Hall–Kier alpha value is -3.75. The maximum absolute atomic E-state index is 12.0. The molecule has 0 spiro atoms. The molecule has 9 heteroatoms. The summed E-state index contributed by atoms with van der Waals surface area (Å²) in [5, 5.41) is 31.0. The Kier molecular flexibility index (Phi) is 5.08. The number of carbonyl (C=O) groups excluding carboxylic acids is 1. The van der Waals surface area contributed by atoms with E-state index in [1.165, 1.54) is 24.3 Å². The van der Waals surface area contributed by atoms with Crippen LogP contribution in [0.25, 0.3) is 0 Å². The molecule has 0 unspecified atom stereocenters. The number of rotatable bonds is 6. The van der Waals surface area contributed by atoms with E-state index in [-0.39, 0.29) is 28.9 Å². The number of carbonyl (C=O) groups is 3. The van der Waals surface area contributed by atoms with Gasteiger partial charge in [-0.3, -0.25) is 14.9 Å². The van der Waals surface area contributed by atoms with Crippen LogP contribution in [0, 0.1) is 10.1 Å². The van der Waals surface area contributed by atoms with E-state index in [0.717, 1.165) is 18.2 Å². The topological polar surface area (TPSA) is 147 Å². The molecule has 3 N–H and O–H groups in total. The quantitative estimate of drug-likeness (QED) is 0.537. The average molecular weight is 344 g/mol. The summed E-state index contributed by atoms with van der Waals surface area (Å²) in [6, 6.07) is 8.64. The van der Waals surface area contributed by atoms with Gasteiger partial charge in [0.25, 0.3) is 5.69 Å². The number of nitro groups is 1. The first kappa shape index (κ1) is 17.6. The molecule has 1 amide bonds. The van der Waals surface area contributed by atoms with Gasteiger partial charge in [0.05, 0.1) is 22.5 Å². The average Bonchev–Trinajstić information content (AvgIpc) is 2.54. The molecule has 0 aliphatic heterocycles. The molecule has 0 heterocycles. The third kappa shape index (κ3) is 4.61. The van der Waals surface area contributed by atoms with E-state index in [1.54, 1.807) is 0 Å². The zero-order chi connectivity index (χ0) is 18.6. The van der Waals surface area contributed by atoms with Gasteiger partial charge in [0.1, 0.15) is 0 Å². The van der Waals surface area contributed by atoms with E-state index in [1.807, 2.05) is 0 Å². The highest BCUT2D eigenvalue weighted by molar-refractivity contribution is 5.98. The van der Waals surface area contributed by atoms with Crippen molar-refractivity contribution in [2.45, 2.75) is 6.42 Å². The second kappa shape index (κ2) is 7.21. The van der Waals surface area contributed by atoms with Crippen LogP contribution in [0.5, 0.6) is 0 Å². The minimum Gasteiger partial charge on any atom is -0.478 e. The number of hydrogen-bond donors (Lipinski definition) is 3. The minimum absolute atomic E-state index is 0.0317. The lowest BCUT2D eigenvalue weighted by atomic mass is 10.1. The SMILES string of the molecule is O=C(Cc1ccc([N+](=O)[O-])cc1)Nc1cc(C(=O)O)cc(C(=O)O)c1.